The van der Waals surface area contributed by atoms with Gasteiger partial charge < -0.3 is 0 Å². The fourth-order valence-corrected chi connectivity index (χ4v) is 2.62. The van der Waals surface area contributed by atoms with Gasteiger partial charge in [0.2, 0.25) is 0 Å². The molecule has 0 amide bonds. The van der Waals surface area contributed by atoms with Crippen molar-refractivity contribution in [1.82, 2.24) is 0 Å². The Hall–Kier alpha value is -2.62. The van der Waals surface area contributed by atoms with Crippen LogP contribution in [0.2, 0.25) is 0 Å². The monoisotopic (exact) mass is 316 g/mol. The van der Waals surface area contributed by atoms with Gasteiger partial charge in [-0.3, -0.25) is 0 Å². The molecule has 0 nitrogen and oxygen atoms in total. The molecule has 0 heterocycles. The second-order valence-electron chi connectivity index (χ2n) is 5.17. The first kappa shape index (κ1) is 15.3. The molecule has 0 saturated heterocycles. The molecule has 0 saturated carbocycles. The minimum Gasteiger partial charge on any atom is -0.207 e. The molecule has 116 valence electrons. The molecule has 4 heteroatoms. The van der Waals surface area contributed by atoms with Crippen molar-refractivity contribution in [2.45, 2.75) is 5.92 Å². The van der Waals surface area contributed by atoms with E-state index >= 15 is 0 Å². The Morgan fingerprint density at radius 2 is 0.913 bits per heavy atom. The minimum atomic E-state index is -0.794. The van der Waals surface area contributed by atoms with E-state index in [-0.39, 0.29) is 5.56 Å². The van der Waals surface area contributed by atoms with E-state index in [2.05, 4.69) is 0 Å². The van der Waals surface area contributed by atoms with Crippen molar-refractivity contribution in [3.05, 3.63) is 107 Å². The van der Waals surface area contributed by atoms with Gasteiger partial charge in [0.15, 0.2) is 0 Å². The van der Waals surface area contributed by atoms with Gasteiger partial charge in [0.05, 0.1) is 0 Å². The van der Waals surface area contributed by atoms with Crippen molar-refractivity contribution in [3.63, 3.8) is 0 Å². The molecular formula is C19H12F4. The van der Waals surface area contributed by atoms with Gasteiger partial charge >= 0.3 is 0 Å². The number of hydrogen-bond donors (Lipinski definition) is 0. The molecule has 0 atom stereocenters. The molecule has 0 N–H and O–H groups in total. The lowest BCUT2D eigenvalue weighted by Gasteiger charge is -2.20. The molecular weight excluding hydrogens is 304 g/mol. The molecule has 0 aliphatic rings. The molecule has 0 bridgehead atoms. The van der Waals surface area contributed by atoms with E-state index in [1.165, 1.54) is 66.7 Å². The largest absolute Gasteiger partial charge is 0.207 e. The van der Waals surface area contributed by atoms with Crippen LogP contribution in [0.5, 0.6) is 0 Å². The van der Waals surface area contributed by atoms with E-state index < -0.39 is 29.2 Å². The van der Waals surface area contributed by atoms with Gasteiger partial charge in [-0.1, -0.05) is 30.3 Å². The number of hydrogen-bond acceptors (Lipinski definition) is 0. The van der Waals surface area contributed by atoms with Crippen LogP contribution in [0, 0.1) is 23.3 Å². The van der Waals surface area contributed by atoms with Crippen LogP contribution in [0.3, 0.4) is 0 Å². The van der Waals surface area contributed by atoms with Crippen LogP contribution in [0.4, 0.5) is 17.6 Å². The maximum Gasteiger partial charge on any atom is 0.130 e. The van der Waals surface area contributed by atoms with Crippen molar-refractivity contribution < 1.29 is 17.6 Å². The molecule has 3 rings (SSSR count). The maximum atomic E-state index is 14.2. The Labute approximate surface area is 131 Å². The second-order valence-corrected chi connectivity index (χ2v) is 5.17. The van der Waals surface area contributed by atoms with Gasteiger partial charge in [-0.15, -0.1) is 0 Å². The summed E-state index contributed by atoms with van der Waals surface area (Å²) in [5, 5.41) is 0. The Morgan fingerprint density at radius 3 is 1.30 bits per heavy atom. The zero-order valence-electron chi connectivity index (χ0n) is 11.9. The van der Waals surface area contributed by atoms with Crippen LogP contribution in [-0.2, 0) is 0 Å². The van der Waals surface area contributed by atoms with Crippen LogP contribution in [0.1, 0.15) is 22.6 Å². The molecule has 0 aliphatic carbocycles. The summed E-state index contributed by atoms with van der Waals surface area (Å²) in [5.41, 5.74) is 0.884. The van der Waals surface area contributed by atoms with Crippen molar-refractivity contribution in [2.24, 2.45) is 0 Å². The highest BCUT2D eigenvalue weighted by molar-refractivity contribution is 5.44. The molecule has 23 heavy (non-hydrogen) atoms. The third-order valence-electron chi connectivity index (χ3n) is 3.70. The first-order chi connectivity index (χ1) is 11.1. The average Bonchev–Trinajstić information content (AvgIpc) is 2.53. The van der Waals surface area contributed by atoms with E-state index in [9.17, 15) is 17.6 Å². The topological polar surface area (TPSA) is 0 Å². The number of benzene rings is 3. The van der Waals surface area contributed by atoms with Crippen LogP contribution < -0.4 is 0 Å². The van der Waals surface area contributed by atoms with Crippen molar-refractivity contribution in [2.75, 3.05) is 0 Å². The van der Waals surface area contributed by atoms with Crippen LogP contribution in [0.15, 0.2) is 66.7 Å². The number of rotatable bonds is 3. The maximum absolute atomic E-state index is 14.2. The predicted molar refractivity (Wildman–Crippen MR) is 80.1 cm³/mol. The first-order valence-corrected chi connectivity index (χ1v) is 7.01. The third kappa shape index (κ3) is 3.11. The lowest BCUT2D eigenvalue weighted by molar-refractivity contribution is 0.551. The van der Waals surface area contributed by atoms with Gasteiger partial charge in [0, 0.05) is 11.5 Å². The third-order valence-corrected chi connectivity index (χ3v) is 3.70. The zero-order chi connectivity index (χ0) is 16.4. The quantitative estimate of drug-likeness (QED) is 0.447. The Bertz CT molecular complexity index is 742. The summed E-state index contributed by atoms with van der Waals surface area (Å²) < 4.78 is 54.8. The van der Waals surface area contributed by atoms with Gasteiger partial charge in [0.1, 0.15) is 23.3 Å². The normalized spacial score (nSPS) is 11.0. The summed E-state index contributed by atoms with van der Waals surface area (Å²) in [6.45, 7) is 0. The highest BCUT2D eigenvalue weighted by atomic mass is 19.1. The summed E-state index contributed by atoms with van der Waals surface area (Å²) in [6, 6.07) is 14.4. The lowest BCUT2D eigenvalue weighted by atomic mass is 9.84. The average molecular weight is 316 g/mol. The Morgan fingerprint density at radius 1 is 0.522 bits per heavy atom. The SMILES string of the molecule is Fc1ccc(C(c2ccc(F)cc2)c2c(F)cccc2F)cc1. The summed E-state index contributed by atoms with van der Waals surface area (Å²) in [6.07, 6.45) is 0. The fourth-order valence-electron chi connectivity index (χ4n) is 2.62. The van der Waals surface area contributed by atoms with Crippen LogP contribution in [0.25, 0.3) is 0 Å². The van der Waals surface area contributed by atoms with Crippen molar-refractivity contribution in [1.29, 1.82) is 0 Å². The summed E-state index contributed by atoms with van der Waals surface area (Å²) >= 11 is 0. The van der Waals surface area contributed by atoms with E-state index in [4.69, 9.17) is 0 Å². The summed E-state index contributed by atoms with van der Waals surface area (Å²) in [4.78, 5) is 0. The molecule has 0 aromatic heterocycles. The smallest absolute Gasteiger partial charge is 0.130 e. The number of halogens is 4. The molecule has 3 aromatic rings. The minimum absolute atomic E-state index is 0.147. The van der Waals surface area contributed by atoms with Gasteiger partial charge in [-0.2, -0.15) is 0 Å². The highest BCUT2D eigenvalue weighted by Gasteiger charge is 2.23. The molecule has 0 radical (unpaired) electrons. The van der Waals surface area contributed by atoms with Gasteiger partial charge in [-0.05, 0) is 47.5 Å². The molecule has 0 spiro atoms. The zero-order valence-corrected chi connectivity index (χ0v) is 11.9. The van der Waals surface area contributed by atoms with Gasteiger partial charge in [-0.25, -0.2) is 17.6 Å². The highest BCUT2D eigenvalue weighted by Crippen LogP contribution is 2.35. The van der Waals surface area contributed by atoms with Crippen molar-refractivity contribution >= 4 is 0 Å². The van der Waals surface area contributed by atoms with E-state index in [1.807, 2.05) is 0 Å². The Kier molecular flexibility index (Phi) is 4.15. The molecule has 0 unspecified atom stereocenters. The predicted octanol–water partition coefficient (Wildman–Crippen LogP) is 5.42. The molecule has 0 aliphatic heterocycles. The van der Waals surface area contributed by atoms with Crippen LogP contribution in [-0.4, -0.2) is 0 Å². The van der Waals surface area contributed by atoms with Gasteiger partial charge in [0.25, 0.3) is 0 Å². The molecule has 0 fully saturated rings. The fraction of sp³-hybridized carbons (Fsp3) is 0.0526. The van der Waals surface area contributed by atoms with E-state index in [1.54, 1.807) is 0 Å². The van der Waals surface area contributed by atoms with Crippen LogP contribution >= 0.6 is 0 Å². The first-order valence-electron chi connectivity index (χ1n) is 7.01. The summed E-state index contributed by atoms with van der Waals surface area (Å²) in [7, 11) is 0. The summed E-state index contributed by atoms with van der Waals surface area (Å²) in [5.74, 6) is -3.09. The standard InChI is InChI=1S/C19H12F4/c20-14-8-4-12(5-9-14)18(13-6-10-15(21)11-7-13)19-16(22)2-1-3-17(19)23/h1-11,18H. The second kappa shape index (κ2) is 6.24. The molecule has 3 aromatic carbocycles. The lowest BCUT2D eigenvalue weighted by Crippen LogP contribution is -2.08. The van der Waals surface area contributed by atoms with E-state index in [0.717, 1.165) is 0 Å². The van der Waals surface area contributed by atoms with Crippen molar-refractivity contribution in [3.8, 4) is 0 Å². The van der Waals surface area contributed by atoms with E-state index in [0.29, 0.717) is 11.1 Å². The Balaban J connectivity index is 2.21.